The molecule has 0 aromatic heterocycles. The van der Waals surface area contributed by atoms with E-state index in [2.05, 4.69) is 6.92 Å². The molecule has 164 valence electrons. The Kier molecular flexibility index (Phi) is 34.1. The largest absolute Gasteiger partial charge is 0.481 e. The fraction of sp³-hybridized carbons (Fsp3) is 0.913. The summed E-state index contributed by atoms with van der Waals surface area (Å²) in [6.07, 6.45) is 20.2. The molecule has 2 N–H and O–H groups in total. The van der Waals surface area contributed by atoms with E-state index in [0.717, 1.165) is 12.8 Å². The number of hydrogen-bond donors (Lipinski definition) is 2. The van der Waals surface area contributed by atoms with Gasteiger partial charge in [-0.3, -0.25) is 4.79 Å². The Morgan fingerprint density at radius 2 is 0.815 bits per heavy atom. The molecule has 0 amide bonds. The summed E-state index contributed by atoms with van der Waals surface area (Å²) in [6.45, 7) is 7.26. The van der Waals surface area contributed by atoms with Gasteiger partial charge in [0.2, 0.25) is 0 Å². The maximum Gasteiger partial charge on any atom is 0.303 e. The molecule has 0 aliphatic carbocycles. The number of unbranched alkanes of at least 4 members (excludes halogenated alkanes) is 14. The summed E-state index contributed by atoms with van der Waals surface area (Å²) in [7, 11) is 0. The lowest BCUT2D eigenvalue weighted by molar-refractivity contribution is -0.137. The van der Waals surface area contributed by atoms with Crippen LogP contribution in [0.4, 0.5) is 0 Å². The zero-order chi connectivity index (χ0) is 21.2. The van der Waals surface area contributed by atoms with Gasteiger partial charge in [0, 0.05) is 13.0 Å². The summed E-state index contributed by atoms with van der Waals surface area (Å²) in [4.78, 5) is 19.8. The van der Waals surface area contributed by atoms with Gasteiger partial charge in [0.05, 0.1) is 0 Å². The zero-order valence-electron chi connectivity index (χ0n) is 18.7. The molecule has 0 fully saturated rings. The van der Waals surface area contributed by atoms with Crippen LogP contribution in [0.3, 0.4) is 0 Å². The number of aliphatic hydroxyl groups excluding tert-OH is 1. The number of hydrogen-bond acceptors (Lipinski definition) is 3. The Morgan fingerprint density at radius 1 is 0.593 bits per heavy atom. The standard InChI is InChI=1S/C18H36O2.C3H6O.C2H6O/c1-2-3-4-5-6-7-8-9-10-11-12-13-14-15-16-17-18(19)20;1-3(2)4;1-2-3/h2-17H2,1H3,(H,19,20);1-2H3;3H,2H2,1H3. The third-order valence-electron chi connectivity index (χ3n) is 3.99. The molecule has 0 radical (unpaired) electrons. The van der Waals surface area contributed by atoms with E-state index in [1.807, 2.05) is 0 Å². The number of carbonyl (C=O) groups is 2. The molecular formula is C23H48O4. The number of aliphatic carboxylic acids is 1. The third-order valence-corrected chi connectivity index (χ3v) is 3.99. The maximum atomic E-state index is 10.3. The Labute approximate surface area is 169 Å². The van der Waals surface area contributed by atoms with Crippen molar-refractivity contribution in [1.82, 2.24) is 0 Å². The zero-order valence-corrected chi connectivity index (χ0v) is 18.7. The van der Waals surface area contributed by atoms with Gasteiger partial charge in [0.15, 0.2) is 0 Å². The van der Waals surface area contributed by atoms with Crippen LogP contribution in [-0.2, 0) is 9.59 Å². The quantitative estimate of drug-likeness (QED) is 0.281. The van der Waals surface area contributed by atoms with Crippen LogP contribution in [0.5, 0.6) is 0 Å². The molecule has 0 bridgehead atoms. The van der Waals surface area contributed by atoms with E-state index in [-0.39, 0.29) is 12.4 Å². The van der Waals surface area contributed by atoms with Gasteiger partial charge >= 0.3 is 5.97 Å². The minimum absolute atomic E-state index is 0.167. The van der Waals surface area contributed by atoms with Crippen LogP contribution in [0.1, 0.15) is 130 Å². The van der Waals surface area contributed by atoms with Gasteiger partial charge in [-0.1, -0.05) is 96.8 Å². The minimum atomic E-state index is -0.653. The molecule has 0 unspecified atom stereocenters. The fourth-order valence-electron chi connectivity index (χ4n) is 2.65. The maximum absolute atomic E-state index is 10.3. The Hall–Kier alpha value is -0.900. The second-order valence-corrected chi connectivity index (χ2v) is 7.32. The topological polar surface area (TPSA) is 74.6 Å². The van der Waals surface area contributed by atoms with E-state index in [1.165, 1.54) is 97.3 Å². The van der Waals surface area contributed by atoms with Gasteiger partial charge in [-0.05, 0) is 27.2 Å². The molecule has 0 saturated heterocycles. The number of carboxylic acid groups (broad SMARTS) is 1. The number of aliphatic hydroxyl groups is 1. The van der Waals surface area contributed by atoms with Gasteiger partial charge in [0.25, 0.3) is 0 Å². The van der Waals surface area contributed by atoms with Crippen LogP contribution in [0.2, 0.25) is 0 Å². The second-order valence-electron chi connectivity index (χ2n) is 7.32. The van der Waals surface area contributed by atoms with E-state index in [4.69, 9.17) is 10.2 Å². The summed E-state index contributed by atoms with van der Waals surface area (Å²) < 4.78 is 0. The van der Waals surface area contributed by atoms with Crippen molar-refractivity contribution in [2.24, 2.45) is 0 Å². The second kappa shape index (κ2) is 29.8. The summed E-state index contributed by atoms with van der Waals surface area (Å²) in [5.41, 5.74) is 0. The van der Waals surface area contributed by atoms with E-state index in [0.29, 0.717) is 6.42 Å². The monoisotopic (exact) mass is 388 g/mol. The average Bonchev–Trinajstić information content (AvgIpc) is 2.58. The van der Waals surface area contributed by atoms with Gasteiger partial charge in [-0.2, -0.15) is 0 Å². The molecular weight excluding hydrogens is 340 g/mol. The van der Waals surface area contributed by atoms with Crippen molar-refractivity contribution in [3.8, 4) is 0 Å². The van der Waals surface area contributed by atoms with Crippen LogP contribution in [-0.4, -0.2) is 28.6 Å². The smallest absolute Gasteiger partial charge is 0.303 e. The molecule has 0 heterocycles. The highest BCUT2D eigenvalue weighted by Crippen LogP contribution is 2.13. The molecule has 0 saturated carbocycles. The normalized spacial score (nSPS) is 9.67. The van der Waals surface area contributed by atoms with Crippen molar-refractivity contribution < 1.29 is 19.8 Å². The van der Waals surface area contributed by atoms with Gasteiger partial charge in [-0.25, -0.2) is 0 Å². The molecule has 27 heavy (non-hydrogen) atoms. The number of carboxylic acids is 1. The Bertz CT molecular complexity index is 286. The van der Waals surface area contributed by atoms with E-state index < -0.39 is 5.97 Å². The molecule has 0 aliphatic heterocycles. The van der Waals surface area contributed by atoms with Crippen LogP contribution in [0, 0.1) is 0 Å². The Morgan fingerprint density at radius 3 is 1.04 bits per heavy atom. The van der Waals surface area contributed by atoms with Crippen LogP contribution >= 0.6 is 0 Å². The molecule has 0 aromatic rings. The molecule has 0 aromatic carbocycles. The summed E-state index contributed by atoms with van der Waals surface area (Å²) in [5.74, 6) is -0.486. The summed E-state index contributed by atoms with van der Waals surface area (Å²) in [5, 5.41) is 16.1. The molecule has 0 spiro atoms. The summed E-state index contributed by atoms with van der Waals surface area (Å²) in [6, 6.07) is 0. The fourth-order valence-corrected chi connectivity index (χ4v) is 2.65. The molecule has 4 heteroatoms. The molecule has 4 nitrogen and oxygen atoms in total. The van der Waals surface area contributed by atoms with Crippen molar-refractivity contribution in [1.29, 1.82) is 0 Å². The first-order valence-corrected chi connectivity index (χ1v) is 11.2. The molecule has 0 rings (SSSR count). The lowest BCUT2D eigenvalue weighted by atomic mass is 10.0. The molecule has 0 aliphatic rings. The van der Waals surface area contributed by atoms with E-state index in [9.17, 15) is 9.59 Å². The predicted octanol–water partition coefficient (Wildman–Crippen LogP) is 6.93. The SMILES string of the molecule is CC(C)=O.CCCCCCCCCCCCCCCCCC(=O)O.CCO. The first-order chi connectivity index (χ1) is 12.9. The van der Waals surface area contributed by atoms with E-state index >= 15 is 0 Å². The number of ketones is 1. The van der Waals surface area contributed by atoms with Crippen molar-refractivity contribution in [3.05, 3.63) is 0 Å². The van der Waals surface area contributed by atoms with Crippen LogP contribution in [0.25, 0.3) is 0 Å². The average molecular weight is 389 g/mol. The van der Waals surface area contributed by atoms with Gasteiger partial charge < -0.3 is 15.0 Å². The minimum Gasteiger partial charge on any atom is -0.481 e. The van der Waals surface area contributed by atoms with Crippen LogP contribution < -0.4 is 0 Å². The van der Waals surface area contributed by atoms with Gasteiger partial charge in [-0.15, -0.1) is 0 Å². The Balaban J connectivity index is -0.000000703. The number of carbonyl (C=O) groups excluding carboxylic acids is 1. The van der Waals surface area contributed by atoms with Crippen molar-refractivity contribution in [2.45, 2.75) is 130 Å². The first-order valence-electron chi connectivity index (χ1n) is 11.2. The van der Waals surface area contributed by atoms with Crippen molar-refractivity contribution in [2.75, 3.05) is 6.61 Å². The van der Waals surface area contributed by atoms with Crippen LogP contribution in [0.15, 0.2) is 0 Å². The molecule has 0 atom stereocenters. The number of rotatable bonds is 16. The summed E-state index contributed by atoms with van der Waals surface area (Å²) >= 11 is 0. The lowest BCUT2D eigenvalue weighted by Gasteiger charge is -2.03. The van der Waals surface area contributed by atoms with Gasteiger partial charge in [0.1, 0.15) is 5.78 Å². The predicted molar refractivity (Wildman–Crippen MR) is 116 cm³/mol. The number of Topliss-reactive ketones (excluding diaryl/α,β-unsaturated/α-hetero) is 1. The third kappa shape index (κ3) is 51.7. The van der Waals surface area contributed by atoms with Crippen molar-refractivity contribution in [3.63, 3.8) is 0 Å². The highest BCUT2D eigenvalue weighted by molar-refractivity contribution is 5.72. The van der Waals surface area contributed by atoms with E-state index in [1.54, 1.807) is 6.92 Å². The highest BCUT2D eigenvalue weighted by atomic mass is 16.4. The highest BCUT2D eigenvalue weighted by Gasteiger charge is 1.97. The first kappa shape index (κ1) is 30.8. The van der Waals surface area contributed by atoms with Crippen molar-refractivity contribution >= 4 is 11.8 Å². The lowest BCUT2D eigenvalue weighted by Crippen LogP contribution is -1.93.